The molecule has 1 aromatic heterocycles. The van der Waals surface area contributed by atoms with Crippen LogP contribution in [-0.4, -0.2) is 64.4 Å². The lowest BCUT2D eigenvalue weighted by Crippen LogP contribution is -2.51. The topological polar surface area (TPSA) is 84.7 Å². The van der Waals surface area contributed by atoms with Crippen LogP contribution in [-0.2, 0) is 11.3 Å². The molecule has 1 fully saturated rings. The van der Waals surface area contributed by atoms with Crippen LogP contribution in [0.1, 0.15) is 23.0 Å². The minimum absolute atomic E-state index is 0.0638. The first-order chi connectivity index (χ1) is 13.5. The van der Waals surface area contributed by atoms with E-state index in [-0.39, 0.29) is 23.7 Å². The van der Waals surface area contributed by atoms with Crippen LogP contribution in [0.25, 0.3) is 0 Å². The van der Waals surface area contributed by atoms with Gasteiger partial charge in [-0.1, -0.05) is 12.1 Å². The Morgan fingerprint density at radius 3 is 2.50 bits per heavy atom. The summed E-state index contributed by atoms with van der Waals surface area (Å²) in [4.78, 5) is 39.7. The third-order valence-electron chi connectivity index (χ3n) is 4.40. The van der Waals surface area contributed by atoms with E-state index in [1.54, 1.807) is 28.9 Å². The maximum Gasteiger partial charge on any atom is 0.409 e. The van der Waals surface area contributed by atoms with Crippen LogP contribution < -0.4 is 5.56 Å². The van der Waals surface area contributed by atoms with Gasteiger partial charge in [-0.3, -0.25) is 9.59 Å². The molecule has 148 valence electrons. The highest BCUT2D eigenvalue weighted by molar-refractivity contribution is 5.92. The summed E-state index contributed by atoms with van der Waals surface area (Å²) in [7, 11) is 0. The van der Waals surface area contributed by atoms with Gasteiger partial charge in [0.25, 0.3) is 11.5 Å². The SMILES string of the molecule is CCOC(=O)N1CCN(C(=O)c2ccc(=O)n(Cc3cccc(F)c3)n2)CC1. The summed E-state index contributed by atoms with van der Waals surface area (Å²) in [5.41, 5.74) is 0.316. The second kappa shape index (κ2) is 8.64. The summed E-state index contributed by atoms with van der Waals surface area (Å²) in [6.07, 6.45) is -0.392. The molecular formula is C19H21FN4O4. The van der Waals surface area contributed by atoms with Crippen molar-refractivity contribution in [2.45, 2.75) is 13.5 Å². The zero-order valence-electron chi connectivity index (χ0n) is 15.5. The number of hydrogen-bond donors (Lipinski definition) is 0. The fourth-order valence-corrected chi connectivity index (χ4v) is 2.95. The Bertz CT molecular complexity index is 922. The largest absolute Gasteiger partial charge is 0.450 e. The molecule has 0 saturated carbocycles. The third kappa shape index (κ3) is 4.54. The molecule has 8 nitrogen and oxygen atoms in total. The van der Waals surface area contributed by atoms with Gasteiger partial charge in [0.2, 0.25) is 0 Å². The molecule has 0 unspecified atom stereocenters. The Labute approximate surface area is 161 Å². The second-order valence-electron chi connectivity index (χ2n) is 6.32. The fraction of sp³-hybridized carbons (Fsp3) is 0.368. The summed E-state index contributed by atoms with van der Waals surface area (Å²) in [5.74, 6) is -0.728. The van der Waals surface area contributed by atoms with Gasteiger partial charge in [0.15, 0.2) is 0 Å². The first kappa shape index (κ1) is 19.5. The lowest BCUT2D eigenvalue weighted by atomic mass is 10.2. The summed E-state index contributed by atoms with van der Waals surface area (Å²) in [6.45, 7) is 3.54. The van der Waals surface area contributed by atoms with E-state index in [2.05, 4.69) is 5.10 Å². The molecule has 1 aliphatic heterocycles. The number of carbonyl (C=O) groups excluding carboxylic acids is 2. The molecule has 1 aromatic carbocycles. The van der Waals surface area contributed by atoms with Gasteiger partial charge in [-0.15, -0.1) is 0 Å². The molecule has 2 amide bonds. The molecule has 28 heavy (non-hydrogen) atoms. The average Bonchev–Trinajstić information content (AvgIpc) is 2.69. The van der Waals surface area contributed by atoms with Crippen LogP contribution >= 0.6 is 0 Å². The molecular weight excluding hydrogens is 367 g/mol. The monoisotopic (exact) mass is 388 g/mol. The molecule has 1 aliphatic rings. The number of ether oxygens (including phenoxy) is 1. The Hall–Kier alpha value is -3.23. The van der Waals surface area contributed by atoms with Crippen molar-refractivity contribution in [3.63, 3.8) is 0 Å². The Kier molecular flexibility index (Phi) is 6.03. The first-order valence-corrected chi connectivity index (χ1v) is 9.01. The van der Waals surface area contributed by atoms with Crippen molar-refractivity contribution in [1.82, 2.24) is 19.6 Å². The smallest absolute Gasteiger partial charge is 0.409 e. The molecule has 0 atom stereocenters. The fourth-order valence-electron chi connectivity index (χ4n) is 2.95. The van der Waals surface area contributed by atoms with Gasteiger partial charge in [0.05, 0.1) is 13.2 Å². The number of nitrogens with zero attached hydrogens (tertiary/aromatic N) is 4. The maximum atomic E-state index is 13.4. The van der Waals surface area contributed by atoms with Crippen LogP contribution in [0.15, 0.2) is 41.2 Å². The van der Waals surface area contributed by atoms with Crippen LogP contribution in [0.5, 0.6) is 0 Å². The molecule has 0 spiro atoms. The van der Waals surface area contributed by atoms with Gasteiger partial charge < -0.3 is 14.5 Å². The van der Waals surface area contributed by atoms with Crippen molar-refractivity contribution in [3.8, 4) is 0 Å². The quantitative estimate of drug-likeness (QED) is 0.789. The number of halogens is 1. The normalized spacial score (nSPS) is 14.1. The first-order valence-electron chi connectivity index (χ1n) is 9.01. The highest BCUT2D eigenvalue weighted by Gasteiger charge is 2.26. The third-order valence-corrected chi connectivity index (χ3v) is 4.40. The van der Waals surface area contributed by atoms with Crippen molar-refractivity contribution in [2.24, 2.45) is 0 Å². The Morgan fingerprint density at radius 1 is 1.11 bits per heavy atom. The van der Waals surface area contributed by atoms with Crippen LogP contribution in [0.4, 0.5) is 9.18 Å². The van der Waals surface area contributed by atoms with Gasteiger partial charge in [-0.2, -0.15) is 5.10 Å². The van der Waals surface area contributed by atoms with Gasteiger partial charge in [-0.05, 0) is 30.7 Å². The summed E-state index contributed by atoms with van der Waals surface area (Å²) < 4.78 is 19.5. The number of aromatic nitrogens is 2. The summed E-state index contributed by atoms with van der Waals surface area (Å²) >= 11 is 0. The highest BCUT2D eigenvalue weighted by Crippen LogP contribution is 2.09. The van der Waals surface area contributed by atoms with E-state index >= 15 is 0 Å². The van der Waals surface area contributed by atoms with E-state index in [1.807, 2.05) is 0 Å². The van der Waals surface area contributed by atoms with E-state index in [0.29, 0.717) is 38.3 Å². The number of hydrogen-bond acceptors (Lipinski definition) is 5. The van der Waals surface area contributed by atoms with E-state index in [0.717, 1.165) is 4.68 Å². The van der Waals surface area contributed by atoms with Gasteiger partial charge in [-0.25, -0.2) is 13.9 Å². The molecule has 1 saturated heterocycles. The van der Waals surface area contributed by atoms with E-state index < -0.39 is 11.9 Å². The van der Waals surface area contributed by atoms with Gasteiger partial charge >= 0.3 is 6.09 Å². The molecule has 0 aliphatic carbocycles. The van der Waals surface area contributed by atoms with Gasteiger partial charge in [0.1, 0.15) is 11.5 Å². The van der Waals surface area contributed by atoms with Crippen LogP contribution in [0.2, 0.25) is 0 Å². The minimum Gasteiger partial charge on any atom is -0.450 e. The van der Waals surface area contributed by atoms with Crippen LogP contribution in [0.3, 0.4) is 0 Å². The van der Waals surface area contributed by atoms with E-state index in [9.17, 15) is 18.8 Å². The minimum atomic E-state index is -0.405. The van der Waals surface area contributed by atoms with Crippen molar-refractivity contribution in [1.29, 1.82) is 0 Å². The molecule has 2 heterocycles. The standard InChI is InChI=1S/C19H21FN4O4/c1-2-28-19(27)23-10-8-22(9-11-23)18(26)16-6-7-17(25)24(21-16)13-14-4-3-5-15(20)12-14/h3-7,12H,2,8-11,13H2,1H3. The Morgan fingerprint density at radius 2 is 1.82 bits per heavy atom. The average molecular weight is 388 g/mol. The molecule has 2 aromatic rings. The number of amides is 2. The maximum absolute atomic E-state index is 13.4. The molecule has 0 radical (unpaired) electrons. The predicted octanol–water partition coefficient (Wildman–Crippen LogP) is 1.34. The van der Waals surface area contributed by atoms with Gasteiger partial charge in [0, 0.05) is 32.2 Å². The summed E-state index contributed by atoms with van der Waals surface area (Å²) in [6, 6.07) is 8.51. The number of rotatable bonds is 4. The zero-order chi connectivity index (χ0) is 20.1. The predicted molar refractivity (Wildman–Crippen MR) is 98.5 cm³/mol. The molecule has 0 bridgehead atoms. The van der Waals surface area contributed by atoms with Crippen LogP contribution in [0, 0.1) is 5.82 Å². The lowest BCUT2D eigenvalue weighted by molar-refractivity contribution is 0.0564. The van der Waals surface area contributed by atoms with E-state index in [1.165, 1.54) is 24.3 Å². The zero-order valence-corrected chi connectivity index (χ0v) is 15.5. The Balaban J connectivity index is 1.69. The van der Waals surface area contributed by atoms with Crippen molar-refractivity contribution in [2.75, 3.05) is 32.8 Å². The van der Waals surface area contributed by atoms with Crippen molar-refractivity contribution in [3.05, 3.63) is 63.8 Å². The van der Waals surface area contributed by atoms with Crippen molar-refractivity contribution < 1.29 is 18.7 Å². The number of carbonyl (C=O) groups is 2. The van der Waals surface area contributed by atoms with E-state index in [4.69, 9.17) is 4.74 Å². The second-order valence-corrected chi connectivity index (χ2v) is 6.32. The number of piperazine rings is 1. The summed E-state index contributed by atoms with van der Waals surface area (Å²) in [5, 5.41) is 4.14. The number of benzene rings is 1. The lowest BCUT2D eigenvalue weighted by Gasteiger charge is -2.33. The van der Waals surface area contributed by atoms with Crippen molar-refractivity contribution >= 4 is 12.0 Å². The molecule has 9 heteroatoms. The molecule has 3 rings (SSSR count). The highest BCUT2D eigenvalue weighted by atomic mass is 19.1. The molecule has 0 N–H and O–H groups in total.